The molecule has 0 saturated heterocycles. The first-order valence-corrected chi connectivity index (χ1v) is 8.59. The van der Waals surface area contributed by atoms with Crippen LogP contribution in [0.15, 0.2) is 60.7 Å². The van der Waals surface area contributed by atoms with Gasteiger partial charge >= 0.3 is 5.97 Å². The van der Waals surface area contributed by atoms with Gasteiger partial charge in [0.25, 0.3) is 0 Å². The number of halogens is 1. The molecule has 0 aliphatic carbocycles. The monoisotopic (exact) mass is 370 g/mol. The molecule has 5 heteroatoms. The first-order chi connectivity index (χ1) is 12.5. The van der Waals surface area contributed by atoms with E-state index in [0.717, 1.165) is 21.5 Å². The van der Waals surface area contributed by atoms with Gasteiger partial charge in [-0.2, -0.15) is 0 Å². The van der Waals surface area contributed by atoms with E-state index >= 15 is 0 Å². The number of aliphatic hydroxyl groups excluding tert-OH is 1. The Morgan fingerprint density at radius 3 is 2.62 bits per heavy atom. The highest BCUT2D eigenvalue weighted by molar-refractivity contribution is 6.36. The third-order valence-electron chi connectivity index (χ3n) is 4.04. The van der Waals surface area contributed by atoms with Crippen molar-refractivity contribution in [3.63, 3.8) is 0 Å². The topological polar surface area (TPSA) is 55.8 Å². The van der Waals surface area contributed by atoms with E-state index in [2.05, 4.69) is 6.58 Å². The maximum atomic E-state index is 11.7. The average molecular weight is 371 g/mol. The van der Waals surface area contributed by atoms with Crippen molar-refractivity contribution in [2.24, 2.45) is 0 Å². The highest BCUT2D eigenvalue weighted by Gasteiger charge is 2.17. The van der Waals surface area contributed by atoms with Crippen LogP contribution in [0.1, 0.15) is 6.92 Å². The minimum atomic E-state index is -0.785. The Labute approximate surface area is 156 Å². The van der Waals surface area contributed by atoms with Crippen LogP contribution in [-0.4, -0.2) is 30.4 Å². The SMILES string of the molecule is C=C(C)C(=O)OC(CO)COc1c2ccccc2cc2c(Cl)cccc12. The molecule has 1 N–H and O–H groups in total. The van der Waals surface area contributed by atoms with Crippen molar-refractivity contribution in [1.82, 2.24) is 0 Å². The summed E-state index contributed by atoms with van der Waals surface area (Å²) in [4.78, 5) is 11.7. The Hall–Kier alpha value is -2.56. The van der Waals surface area contributed by atoms with Crippen LogP contribution in [0.3, 0.4) is 0 Å². The number of aliphatic hydroxyl groups is 1. The van der Waals surface area contributed by atoms with Crippen LogP contribution in [-0.2, 0) is 9.53 Å². The lowest BCUT2D eigenvalue weighted by Crippen LogP contribution is -2.28. The smallest absolute Gasteiger partial charge is 0.333 e. The van der Waals surface area contributed by atoms with Gasteiger partial charge in [0.1, 0.15) is 12.4 Å². The molecule has 3 rings (SSSR count). The second-order valence-corrected chi connectivity index (χ2v) is 6.47. The zero-order valence-corrected chi connectivity index (χ0v) is 15.1. The van der Waals surface area contributed by atoms with Crippen molar-refractivity contribution in [3.05, 3.63) is 65.7 Å². The molecular formula is C21H19ClO4. The van der Waals surface area contributed by atoms with Crippen molar-refractivity contribution < 1.29 is 19.4 Å². The molecule has 26 heavy (non-hydrogen) atoms. The molecule has 0 fully saturated rings. The molecule has 0 aliphatic heterocycles. The fourth-order valence-electron chi connectivity index (χ4n) is 2.72. The van der Waals surface area contributed by atoms with Crippen molar-refractivity contribution in [2.45, 2.75) is 13.0 Å². The molecule has 4 nitrogen and oxygen atoms in total. The molecule has 3 aromatic carbocycles. The van der Waals surface area contributed by atoms with E-state index in [1.807, 2.05) is 48.5 Å². The third kappa shape index (κ3) is 3.66. The summed E-state index contributed by atoms with van der Waals surface area (Å²) in [5.74, 6) is 0.0869. The maximum Gasteiger partial charge on any atom is 0.333 e. The van der Waals surface area contributed by atoms with Crippen LogP contribution >= 0.6 is 11.6 Å². The molecule has 0 saturated carbocycles. The van der Waals surface area contributed by atoms with E-state index in [1.54, 1.807) is 6.92 Å². The summed E-state index contributed by atoms with van der Waals surface area (Å²) in [7, 11) is 0. The Bertz CT molecular complexity index is 980. The van der Waals surface area contributed by atoms with Crippen molar-refractivity contribution in [3.8, 4) is 5.75 Å². The number of ether oxygens (including phenoxy) is 2. The molecule has 0 amide bonds. The van der Waals surface area contributed by atoms with Gasteiger partial charge in [-0.3, -0.25) is 0 Å². The van der Waals surface area contributed by atoms with Crippen LogP contribution < -0.4 is 4.74 Å². The molecule has 134 valence electrons. The van der Waals surface area contributed by atoms with Gasteiger partial charge in [-0.15, -0.1) is 0 Å². The molecule has 0 radical (unpaired) electrons. The molecular weight excluding hydrogens is 352 g/mol. The van der Waals surface area contributed by atoms with Gasteiger partial charge < -0.3 is 14.6 Å². The highest BCUT2D eigenvalue weighted by atomic mass is 35.5. The molecule has 0 aromatic heterocycles. The van der Waals surface area contributed by atoms with E-state index in [9.17, 15) is 9.90 Å². The first kappa shape index (κ1) is 18.2. The summed E-state index contributed by atoms with van der Waals surface area (Å²) in [6.45, 7) is 4.77. The lowest BCUT2D eigenvalue weighted by Gasteiger charge is -2.19. The molecule has 0 aliphatic rings. The number of carbonyl (C=O) groups is 1. The number of rotatable bonds is 6. The van der Waals surface area contributed by atoms with Crippen molar-refractivity contribution in [2.75, 3.05) is 13.2 Å². The van der Waals surface area contributed by atoms with Crippen LogP contribution in [0, 0.1) is 0 Å². The maximum absolute atomic E-state index is 11.7. The molecule has 0 heterocycles. The second kappa shape index (κ2) is 7.77. The summed E-state index contributed by atoms with van der Waals surface area (Å²) in [6.07, 6.45) is -0.785. The summed E-state index contributed by atoms with van der Waals surface area (Å²) in [6, 6.07) is 15.4. The molecule has 0 spiro atoms. The molecule has 0 bridgehead atoms. The minimum Gasteiger partial charge on any atom is -0.488 e. The van der Waals surface area contributed by atoms with Gasteiger partial charge in [0, 0.05) is 26.8 Å². The van der Waals surface area contributed by atoms with Gasteiger partial charge in [0.2, 0.25) is 0 Å². The van der Waals surface area contributed by atoms with Gasteiger partial charge in [0.05, 0.1) is 6.61 Å². The third-order valence-corrected chi connectivity index (χ3v) is 4.37. The Morgan fingerprint density at radius 1 is 1.15 bits per heavy atom. The van der Waals surface area contributed by atoms with E-state index in [0.29, 0.717) is 10.8 Å². The average Bonchev–Trinajstić information content (AvgIpc) is 2.64. The number of carbonyl (C=O) groups excluding carboxylic acids is 1. The molecule has 1 unspecified atom stereocenters. The van der Waals surface area contributed by atoms with Gasteiger partial charge in [0.15, 0.2) is 6.10 Å². The predicted octanol–water partition coefficient (Wildman–Crippen LogP) is 4.51. The van der Waals surface area contributed by atoms with Crippen LogP contribution in [0.2, 0.25) is 5.02 Å². The van der Waals surface area contributed by atoms with E-state index in [1.165, 1.54) is 0 Å². The second-order valence-electron chi connectivity index (χ2n) is 6.06. The first-order valence-electron chi connectivity index (χ1n) is 8.21. The Morgan fingerprint density at radius 2 is 1.88 bits per heavy atom. The van der Waals surface area contributed by atoms with E-state index < -0.39 is 12.1 Å². The summed E-state index contributed by atoms with van der Waals surface area (Å²) in [5, 5.41) is 13.8. The number of hydrogen-bond donors (Lipinski definition) is 1. The standard InChI is InChI=1S/C21H19ClO4/c1-13(2)21(24)26-15(11-23)12-25-20-16-7-4-3-6-14(16)10-18-17(20)8-5-9-19(18)22/h3-10,15,23H,1,11-12H2,2H3. The summed E-state index contributed by atoms with van der Waals surface area (Å²) < 4.78 is 11.2. The van der Waals surface area contributed by atoms with E-state index in [4.69, 9.17) is 21.1 Å². The van der Waals surface area contributed by atoms with Gasteiger partial charge in [-0.1, -0.05) is 54.6 Å². The minimum absolute atomic E-state index is 0.0190. The lowest BCUT2D eigenvalue weighted by molar-refractivity contribution is -0.147. The zero-order chi connectivity index (χ0) is 18.7. The lowest BCUT2D eigenvalue weighted by atomic mass is 10.0. The Balaban J connectivity index is 1.98. The van der Waals surface area contributed by atoms with Crippen molar-refractivity contribution in [1.29, 1.82) is 0 Å². The molecule has 1 atom stereocenters. The van der Waals surface area contributed by atoms with Crippen molar-refractivity contribution >= 4 is 39.1 Å². The van der Waals surface area contributed by atoms with Crippen LogP contribution in [0.5, 0.6) is 5.75 Å². The molecule has 3 aromatic rings. The highest BCUT2D eigenvalue weighted by Crippen LogP contribution is 2.37. The van der Waals surface area contributed by atoms with Crippen LogP contribution in [0.25, 0.3) is 21.5 Å². The predicted molar refractivity (Wildman–Crippen MR) is 104 cm³/mol. The number of hydrogen-bond acceptors (Lipinski definition) is 4. The van der Waals surface area contributed by atoms with Gasteiger partial charge in [-0.05, 0) is 24.4 Å². The van der Waals surface area contributed by atoms with Crippen LogP contribution in [0.4, 0.5) is 0 Å². The quantitative estimate of drug-likeness (QED) is 0.394. The largest absolute Gasteiger partial charge is 0.488 e. The zero-order valence-electron chi connectivity index (χ0n) is 14.4. The fraction of sp³-hybridized carbons (Fsp3) is 0.190. The van der Waals surface area contributed by atoms with E-state index in [-0.39, 0.29) is 18.8 Å². The summed E-state index contributed by atoms with van der Waals surface area (Å²) >= 11 is 6.35. The normalized spacial score (nSPS) is 12.1. The number of benzene rings is 3. The number of esters is 1. The fourth-order valence-corrected chi connectivity index (χ4v) is 2.95. The number of fused-ring (bicyclic) bond motifs is 2. The Kier molecular flexibility index (Phi) is 5.45. The van der Waals surface area contributed by atoms with Gasteiger partial charge in [-0.25, -0.2) is 4.79 Å². The summed E-state index contributed by atoms with van der Waals surface area (Å²) in [5.41, 5.74) is 0.269.